The molecule has 1 aliphatic rings. The van der Waals surface area contributed by atoms with E-state index >= 15 is 0 Å². The summed E-state index contributed by atoms with van der Waals surface area (Å²) >= 11 is 0. The summed E-state index contributed by atoms with van der Waals surface area (Å²) in [5.41, 5.74) is -0.221. The van der Waals surface area contributed by atoms with Gasteiger partial charge in [0.15, 0.2) is 5.82 Å². The average Bonchev–Trinajstić information content (AvgIpc) is 2.65. The summed E-state index contributed by atoms with van der Waals surface area (Å²) in [7, 11) is 0. The number of hydrogen-bond donors (Lipinski definition) is 1. The topological polar surface area (TPSA) is 80.2 Å². The molecule has 0 atom stereocenters. The van der Waals surface area contributed by atoms with Gasteiger partial charge in [0.25, 0.3) is 0 Å². The highest BCUT2D eigenvalue weighted by atomic mass is 19.1. The summed E-state index contributed by atoms with van der Waals surface area (Å²) in [5.74, 6) is -0.151. The fourth-order valence-electron chi connectivity index (χ4n) is 3.09. The number of anilines is 2. The smallest absolute Gasteiger partial charge is 0.410 e. The van der Waals surface area contributed by atoms with Crippen molar-refractivity contribution < 1.29 is 18.3 Å². The Morgan fingerprint density at radius 3 is 2.55 bits per heavy atom. The van der Waals surface area contributed by atoms with Crippen LogP contribution in [0.25, 0.3) is 0 Å². The lowest BCUT2D eigenvalue weighted by atomic mass is 9.92. The normalized spacial score (nSPS) is 15.3. The fraction of sp³-hybridized carbons (Fsp3) is 0.500. The second kappa shape index (κ2) is 8.67. The number of aromatic nitrogens is 3. The second-order valence-corrected chi connectivity index (χ2v) is 8.09. The number of nitrogens with one attached hydrogen (secondary N) is 1. The number of pyridine rings is 1. The number of carbonyl (C=O) groups excluding carboxylic acids is 1. The minimum atomic E-state index is -0.527. The van der Waals surface area contributed by atoms with Gasteiger partial charge in [-0.05, 0) is 58.1 Å². The van der Waals surface area contributed by atoms with Gasteiger partial charge < -0.3 is 15.0 Å². The lowest BCUT2D eigenvalue weighted by Gasteiger charge is -2.33. The van der Waals surface area contributed by atoms with Crippen molar-refractivity contribution in [3.8, 4) is 0 Å². The predicted octanol–water partition coefficient (Wildman–Crippen LogP) is 4.08. The number of likely N-dealkylation sites (tertiary alicyclic amines) is 1. The summed E-state index contributed by atoms with van der Waals surface area (Å²) < 4.78 is 32.6. The van der Waals surface area contributed by atoms with E-state index in [2.05, 4.69) is 20.3 Å². The molecule has 0 spiro atoms. The van der Waals surface area contributed by atoms with E-state index in [0.29, 0.717) is 31.0 Å². The van der Waals surface area contributed by atoms with Crippen molar-refractivity contribution in [2.45, 2.75) is 45.6 Å². The highest BCUT2D eigenvalue weighted by Crippen LogP contribution is 2.24. The maximum Gasteiger partial charge on any atom is 0.410 e. The molecule has 156 valence electrons. The predicted molar refractivity (Wildman–Crippen MR) is 104 cm³/mol. The van der Waals surface area contributed by atoms with Crippen molar-refractivity contribution >= 4 is 17.9 Å². The van der Waals surface area contributed by atoms with E-state index in [-0.39, 0.29) is 18.0 Å². The van der Waals surface area contributed by atoms with Gasteiger partial charge in [0.2, 0.25) is 5.95 Å². The molecule has 0 aromatic carbocycles. The van der Waals surface area contributed by atoms with Crippen molar-refractivity contribution in [2.24, 2.45) is 5.92 Å². The van der Waals surface area contributed by atoms with Crippen LogP contribution in [0.3, 0.4) is 0 Å². The maximum absolute atomic E-state index is 14.2. The third-order valence-corrected chi connectivity index (χ3v) is 4.53. The van der Waals surface area contributed by atoms with Gasteiger partial charge in [-0.2, -0.15) is 0 Å². The minimum absolute atomic E-state index is 0.201. The van der Waals surface area contributed by atoms with Gasteiger partial charge >= 0.3 is 6.09 Å². The Bertz CT molecular complexity index is 847. The van der Waals surface area contributed by atoms with Crippen molar-refractivity contribution in [1.82, 2.24) is 19.9 Å². The van der Waals surface area contributed by atoms with E-state index in [9.17, 15) is 13.6 Å². The molecule has 9 heteroatoms. The molecule has 3 rings (SSSR count). The highest BCUT2D eigenvalue weighted by Gasteiger charge is 2.27. The first-order chi connectivity index (χ1) is 13.7. The summed E-state index contributed by atoms with van der Waals surface area (Å²) in [4.78, 5) is 25.9. The van der Waals surface area contributed by atoms with Crippen molar-refractivity contribution in [3.63, 3.8) is 0 Å². The summed E-state index contributed by atoms with van der Waals surface area (Å²) in [5, 5.41) is 2.84. The van der Waals surface area contributed by atoms with Gasteiger partial charge in [0, 0.05) is 13.1 Å². The molecule has 0 radical (unpaired) electrons. The van der Waals surface area contributed by atoms with Gasteiger partial charge in [-0.3, -0.25) is 0 Å². The van der Waals surface area contributed by atoms with Gasteiger partial charge in [-0.15, -0.1) is 0 Å². The molecular formula is C20H25F2N5O2. The van der Waals surface area contributed by atoms with Gasteiger partial charge in [-0.1, -0.05) is 0 Å². The van der Waals surface area contributed by atoms with Gasteiger partial charge in [0.05, 0.1) is 18.1 Å². The summed E-state index contributed by atoms with van der Waals surface area (Å²) in [6.45, 7) is 6.64. The van der Waals surface area contributed by atoms with Crippen LogP contribution in [0.15, 0.2) is 24.5 Å². The van der Waals surface area contributed by atoms with E-state index in [1.807, 2.05) is 20.8 Å². The first-order valence-electron chi connectivity index (χ1n) is 9.57. The van der Waals surface area contributed by atoms with E-state index in [0.717, 1.165) is 25.2 Å². The lowest BCUT2D eigenvalue weighted by Crippen LogP contribution is -2.42. The number of carbonyl (C=O) groups is 1. The van der Waals surface area contributed by atoms with Gasteiger partial charge in [0.1, 0.15) is 17.2 Å². The van der Waals surface area contributed by atoms with Gasteiger partial charge in [-0.25, -0.2) is 28.5 Å². The fourth-order valence-corrected chi connectivity index (χ4v) is 3.09. The highest BCUT2D eigenvalue weighted by molar-refractivity contribution is 5.68. The number of nitrogens with zero attached hydrogens (tertiary/aromatic N) is 4. The Morgan fingerprint density at radius 1 is 1.21 bits per heavy atom. The molecule has 0 unspecified atom stereocenters. The monoisotopic (exact) mass is 405 g/mol. The van der Waals surface area contributed by atoms with Crippen molar-refractivity contribution in [2.75, 3.05) is 18.4 Å². The Balaban J connectivity index is 1.58. The molecule has 29 heavy (non-hydrogen) atoms. The van der Waals surface area contributed by atoms with Crippen LogP contribution in [0.5, 0.6) is 0 Å². The molecule has 1 fully saturated rings. The van der Waals surface area contributed by atoms with Crippen LogP contribution in [0.4, 0.5) is 25.3 Å². The average molecular weight is 405 g/mol. The first kappa shape index (κ1) is 20.9. The summed E-state index contributed by atoms with van der Waals surface area (Å²) in [6.07, 6.45) is 3.80. The molecule has 7 nitrogen and oxygen atoms in total. The minimum Gasteiger partial charge on any atom is -0.444 e. The number of amides is 1. The zero-order valence-corrected chi connectivity index (χ0v) is 16.8. The maximum atomic E-state index is 14.2. The molecule has 3 heterocycles. The number of piperidine rings is 1. The standard InChI is InChI=1S/C20H25F2N5O2/c1-20(2,3)29-19(28)27-8-6-13(7-9-27)10-16-15(22)12-24-18(25-16)26-17-5-4-14(21)11-23-17/h4-5,11-13H,6-10H2,1-3H3,(H,23,24,25,26). The van der Waals surface area contributed by atoms with E-state index in [4.69, 9.17) is 4.74 Å². The first-order valence-corrected chi connectivity index (χ1v) is 9.57. The van der Waals surface area contributed by atoms with E-state index in [1.165, 1.54) is 12.1 Å². The van der Waals surface area contributed by atoms with E-state index < -0.39 is 17.2 Å². The molecule has 1 aliphatic heterocycles. The zero-order valence-electron chi connectivity index (χ0n) is 16.8. The molecule has 2 aromatic rings. The number of hydrogen-bond acceptors (Lipinski definition) is 6. The molecule has 0 saturated carbocycles. The van der Waals surface area contributed by atoms with Crippen LogP contribution >= 0.6 is 0 Å². The van der Waals surface area contributed by atoms with Crippen LogP contribution in [0.1, 0.15) is 39.3 Å². The largest absolute Gasteiger partial charge is 0.444 e. The van der Waals surface area contributed by atoms with Crippen molar-refractivity contribution in [1.29, 1.82) is 0 Å². The Morgan fingerprint density at radius 2 is 1.93 bits per heavy atom. The van der Waals surface area contributed by atoms with Crippen LogP contribution in [-0.4, -0.2) is 44.6 Å². The molecule has 2 aromatic heterocycles. The third-order valence-electron chi connectivity index (χ3n) is 4.53. The third kappa shape index (κ3) is 6.07. The molecule has 1 N–H and O–H groups in total. The lowest BCUT2D eigenvalue weighted by molar-refractivity contribution is 0.0183. The summed E-state index contributed by atoms with van der Waals surface area (Å²) in [6, 6.07) is 2.71. The van der Waals surface area contributed by atoms with Crippen LogP contribution in [-0.2, 0) is 11.2 Å². The number of ether oxygens (including phenoxy) is 1. The Labute approximate surface area is 168 Å². The number of rotatable bonds is 4. The van der Waals surface area contributed by atoms with E-state index in [1.54, 1.807) is 4.90 Å². The molecule has 0 bridgehead atoms. The van der Waals surface area contributed by atoms with Crippen LogP contribution in [0, 0.1) is 17.6 Å². The number of halogens is 2. The SMILES string of the molecule is CC(C)(C)OC(=O)N1CCC(Cc2nc(Nc3ccc(F)cn3)ncc2F)CC1. The Kier molecular flexibility index (Phi) is 6.24. The van der Waals surface area contributed by atoms with Crippen LogP contribution < -0.4 is 5.32 Å². The van der Waals surface area contributed by atoms with Crippen LogP contribution in [0.2, 0.25) is 0 Å². The zero-order chi connectivity index (χ0) is 21.0. The molecule has 1 saturated heterocycles. The van der Waals surface area contributed by atoms with Crippen molar-refractivity contribution in [3.05, 3.63) is 41.9 Å². The Hall–Kier alpha value is -2.84. The second-order valence-electron chi connectivity index (χ2n) is 8.09. The molecular weight excluding hydrogens is 380 g/mol. The molecule has 0 aliphatic carbocycles. The quantitative estimate of drug-likeness (QED) is 0.826. The molecule has 1 amide bonds.